The van der Waals surface area contributed by atoms with Crippen LogP contribution in [0.1, 0.15) is 18.5 Å². The molecule has 0 aliphatic rings. The SMILES string of the molecule is C[C@@H](Nc1cnccc1N(C)C)c1cccc2ccccc12. The Balaban J connectivity index is 1.96. The van der Waals surface area contributed by atoms with Gasteiger partial charge in [0.25, 0.3) is 0 Å². The van der Waals surface area contributed by atoms with E-state index in [1.807, 2.05) is 32.6 Å². The molecule has 0 saturated carbocycles. The molecule has 3 heteroatoms. The van der Waals surface area contributed by atoms with E-state index in [0.29, 0.717) is 0 Å². The lowest BCUT2D eigenvalue weighted by Crippen LogP contribution is -2.14. The van der Waals surface area contributed by atoms with Crippen LogP contribution >= 0.6 is 0 Å². The van der Waals surface area contributed by atoms with Gasteiger partial charge in [0, 0.05) is 26.3 Å². The summed E-state index contributed by atoms with van der Waals surface area (Å²) in [5.74, 6) is 0. The fourth-order valence-electron chi connectivity index (χ4n) is 2.83. The van der Waals surface area contributed by atoms with Crippen molar-refractivity contribution in [2.24, 2.45) is 0 Å². The van der Waals surface area contributed by atoms with E-state index >= 15 is 0 Å². The van der Waals surface area contributed by atoms with Crippen LogP contribution in [0, 0.1) is 0 Å². The third-order valence-corrected chi connectivity index (χ3v) is 3.94. The van der Waals surface area contributed by atoms with Gasteiger partial charge in [-0.3, -0.25) is 4.98 Å². The van der Waals surface area contributed by atoms with Crippen LogP contribution in [0.4, 0.5) is 11.4 Å². The highest BCUT2D eigenvalue weighted by molar-refractivity contribution is 5.86. The topological polar surface area (TPSA) is 28.2 Å². The van der Waals surface area contributed by atoms with Gasteiger partial charge in [-0.05, 0) is 29.3 Å². The second-order valence-corrected chi connectivity index (χ2v) is 5.72. The van der Waals surface area contributed by atoms with Crippen molar-refractivity contribution in [3.8, 4) is 0 Å². The Kier molecular flexibility index (Phi) is 3.96. The minimum Gasteiger partial charge on any atom is -0.376 e. The molecule has 3 nitrogen and oxygen atoms in total. The van der Waals surface area contributed by atoms with Crippen molar-refractivity contribution in [2.75, 3.05) is 24.3 Å². The van der Waals surface area contributed by atoms with Crippen molar-refractivity contribution in [1.29, 1.82) is 0 Å². The molecule has 3 rings (SSSR count). The van der Waals surface area contributed by atoms with Crippen molar-refractivity contribution in [3.63, 3.8) is 0 Å². The predicted octanol–water partition coefficient (Wildman–Crippen LogP) is 4.47. The van der Waals surface area contributed by atoms with Crippen LogP contribution in [-0.2, 0) is 0 Å². The minimum absolute atomic E-state index is 0.203. The lowest BCUT2D eigenvalue weighted by atomic mass is 9.99. The fraction of sp³-hybridized carbons (Fsp3) is 0.211. The molecule has 0 unspecified atom stereocenters. The number of nitrogens with zero attached hydrogens (tertiary/aromatic N) is 2. The maximum absolute atomic E-state index is 4.25. The molecule has 0 spiro atoms. The molecule has 0 aliphatic carbocycles. The van der Waals surface area contributed by atoms with Gasteiger partial charge in [-0.1, -0.05) is 42.5 Å². The third-order valence-electron chi connectivity index (χ3n) is 3.94. The van der Waals surface area contributed by atoms with Crippen molar-refractivity contribution < 1.29 is 0 Å². The summed E-state index contributed by atoms with van der Waals surface area (Å²) >= 11 is 0. The molecule has 0 amide bonds. The van der Waals surface area contributed by atoms with Gasteiger partial charge in [-0.2, -0.15) is 0 Å². The second-order valence-electron chi connectivity index (χ2n) is 5.72. The summed E-state index contributed by atoms with van der Waals surface area (Å²) in [6.07, 6.45) is 3.71. The van der Waals surface area contributed by atoms with E-state index in [9.17, 15) is 0 Å². The van der Waals surface area contributed by atoms with E-state index in [1.54, 1.807) is 0 Å². The average Bonchev–Trinajstić information content (AvgIpc) is 2.54. The molecule has 22 heavy (non-hydrogen) atoms. The number of aromatic nitrogens is 1. The summed E-state index contributed by atoms with van der Waals surface area (Å²) < 4.78 is 0. The standard InChI is InChI=1S/C19H21N3/c1-14(21-18-13-20-12-11-19(18)22(2)3)16-10-6-8-15-7-4-5-9-17(15)16/h4-14,21H,1-3H3/t14-/m1/s1. The predicted molar refractivity (Wildman–Crippen MR) is 94.5 cm³/mol. The summed E-state index contributed by atoms with van der Waals surface area (Å²) in [7, 11) is 4.09. The van der Waals surface area contributed by atoms with Gasteiger partial charge < -0.3 is 10.2 Å². The maximum atomic E-state index is 4.25. The number of pyridine rings is 1. The fourth-order valence-corrected chi connectivity index (χ4v) is 2.83. The van der Waals surface area contributed by atoms with Crippen LogP contribution < -0.4 is 10.2 Å². The smallest absolute Gasteiger partial charge is 0.0768 e. The van der Waals surface area contributed by atoms with Crippen LogP contribution in [0.3, 0.4) is 0 Å². The van der Waals surface area contributed by atoms with Crippen LogP contribution in [0.5, 0.6) is 0 Å². The molecule has 0 radical (unpaired) electrons. The number of hydrogen-bond acceptors (Lipinski definition) is 3. The Bertz CT molecular complexity index is 775. The number of nitrogens with one attached hydrogen (secondary N) is 1. The molecular weight excluding hydrogens is 270 g/mol. The zero-order valence-electron chi connectivity index (χ0n) is 13.2. The van der Waals surface area contributed by atoms with E-state index < -0.39 is 0 Å². The normalized spacial score (nSPS) is 12.1. The second kappa shape index (κ2) is 6.06. The van der Waals surface area contributed by atoms with Gasteiger partial charge in [0.15, 0.2) is 0 Å². The van der Waals surface area contributed by atoms with Crippen molar-refractivity contribution in [1.82, 2.24) is 4.98 Å². The van der Waals surface area contributed by atoms with Gasteiger partial charge in [0.05, 0.1) is 17.6 Å². The molecule has 1 atom stereocenters. The number of benzene rings is 2. The maximum Gasteiger partial charge on any atom is 0.0768 e. The van der Waals surface area contributed by atoms with Gasteiger partial charge in [0.2, 0.25) is 0 Å². The Morgan fingerprint density at radius 3 is 2.59 bits per heavy atom. The Hall–Kier alpha value is -2.55. The van der Waals surface area contributed by atoms with E-state index in [1.165, 1.54) is 16.3 Å². The van der Waals surface area contributed by atoms with Crippen LogP contribution in [0.25, 0.3) is 10.8 Å². The molecule has 0 aliphatic heterocycles. The zero-order chi connectivity index (χ0) is 15.5. The molecule has 2 aromatic carbocycles. The zero-order valence-corrected chi connectivity index (χ0v) is 13.2. The molecular formula is C19H21N3. The Morgan fingerprint density at radius 1 is 1.00 bits per heavy atom. The molecule has 112 valence electrons. The van der Waals surface area contributed by atoms with Crippen molar-refractivity contribution in [2.45, 2.75) is 13.0 Å². The first-order valence-electron chi connectivity index (χ1n) is 7.52. The Morgan fingerprint density at radius 2 is 1.77 bits per heavy atom. The number of rotatable bonds is 4. The molecule has 1 aromatic heterocycles. The van der Waals surface area contributed by atoms with Gasteiger partial charge >= 0.3 is 0 Å². The first kappa shape index (κ1) is 14.4. The molecule has 1 N–H and O–H groups in total. The van der Waals surface area contributed by atoms with Gasteiger partial charge in [0.1, 0.15) is 0 Å². The summed E-state index contributed by atoms with van der Waals surface area (Å²) in [6, 6.07) is 17.2. The minimum atomic E-state index is 0.203. The van der Waals surface area contributed by atoms with E-state index in [4.69, 9.17) is 0 Å². The molecule has 0 fully saturated rings. The monoisotopic (exact) mass is 291 g/mol. The first-order chi connectivity index (χ1) is 10.7. The van der Waals surface area contributed by atoms with E-state index in [-0.39, 0.29) is 6.04 Å². The lowest BCUT2D eigenvalue weighted by Gasteiger charge is -2.22. The summed E-state index contributed by atoms with van der Waals surface area (Å²) in [5, 5.41) is 6.16. The third kappa shape index (κ3) is 2.75. The number of anilines is 2. The quantitative estimate of drug-likeness (QED) is 0.768. The van der Waals surface area contributed by atoms with Crippen LogP contribution in [0.15, 0.2) is 60.9 Å². The lowest BCUT2D eigenvalue weighted by molar-refractivity contribution is 0.890. The largest absolute Gasteiger partial charge is 0.376 e. The van der Waals surface area contributed by atoms with E-state index in [2.05, 4.69) is 64.6 Å². The van der Waals surface area contributed by atoms with Crippen molar-refractivity contribution in [3.05, 3.63) is 66.5 Å². The van der Waals surface area contributed by atoms with E-state index in [0.717, 1.165) is 11.4 Å². The highest BCUT2D eigenvalue weighted by Gasteiger charge is 2.12. The number of fused-ring (bicyclic) bond motifs is 1. The molecule has 0 saturated heterocycles. The highest BCUT2D eigenvalue weighted by atomic mass is 15.1. The summed E-state index contributed by atoms with van der Waals surface area (Å²) in [5.41, 5.74) is 3.49. The van der Waals surface area contributed by atoms with Crippen molar-refractivity contribution >= 4 is 22.1 Å². The van der Waals surface area contributed by atoms with Gasteiger partial charge in [-0.15, -0.1) is 0 Å². The summed E-state index contributed by atoms with van der Waals surface area (Å²) in [4.78, 5) is 6.34. The molecule has 0 bridgehead atoms. The Labute approximate surface area is 131 Å². The average molecular weight is 291 g/mol. The summed E-state index contributed by atoms with van der Waals surface area (Å²) in [6.45, 7) is 2.19. The first-order valence-corrected chi connectivity index (χ1v) is 7.52. The number of hydrogen-bond donors (Lipinski definition) is 1. The molecule has 3 aromatic rings. The van der Waals surface area contributed by atoms with Gasteiger partial charge in [-0.25, -0.2) is 0 Å². The highest BCUT2D eigenvalue weighted by Crippen LogP contribution is 2.30. The molecule has 1 heterocycles. The van der Waals surface area contributed by atoms with Crippen LogP contribution in [-0.4, -0.2) is 19.1 Å². The van der Waals surface area contributed by atoms with Crippen LogP contribution in [0.2, 0.25) is 0 Å².